The molecule has 0 bridgehead atoms. The van der Waals surface area contributed by atoms with Gasteiger partial charge in [-0.3, -0.25) is 9.59 Å². The van der Waals surface area contributed by atoms with E-state index in [2.05, 4.69) is 11.4 Å². The van der Waals surface area contributed by atoms with Crippen molar-refractivity contribution < 1.29 is 9.59 Å². The number of fused-ring (bicyclic) bond motifs is 1. The molecule has 120 valence electrons. The molecule has 23 heavy (non-hydrogen) atoms. The first-order chi connectivity index (χ1) is 11.0. The highest BCUT2D eigenvalue weighted by molar-refractivity contribution is 5.99. The van der Waals surface area contributed by atoms with Gasteiger partial charge in [-0.15, -0.1) is 0 Å². The topological polar surface area (TPSA) is 73.2 Å². The number of carbonyl (C=O) groups is 2. The van der Waals surface area contributed by atoms with Crippen molar-refractivity contribution >= 4 is 17.5 Å². The van der Waals surface area contributed by atoms with E-state index >= 15 is 0 Å². The van der Waals surface area contributed by atoms with E-state index in [-0.39, 0.29) is 11.8 Å². The number of amides is 2. The van der Waals surface area contributed by atoms with Gasteiger partial charge in [0.1, 0.15) is 5.54 Å². The van der Waals surface area contributed by atoms with Gasteiger partial charge in [0.25, 0.3) is 5.91 Å². The van der Waals surface area contributed by atoms with E-state index in [0.29, 0.717) is 18.4 Å². The smallest absolute Gasteiger partial charge is 0.252 e. The third kappa shape index (κ3) is 2.94. The first kappa shape index (κ1) is 15.5. The quantitative estimate of drug-likeness (QED) is 0.912. The zero-order chi connectivity index (χ0) is 16.4. The second kappa shape index (κ2) is 6.04. The van der Waals surface area contributed by atoms with E-state index in [4.69, 9.17) is 0 Å². The minimum Gasteiger partial charge on any atom is -0.334 e. The van der Waals surface area contributed by atoms with Crippen molar-refractivity contribution in [2.24, 2.45) is 0 Å². The third-order valence-corrected chi connectivity index (χ3v) is 4.96. The number of aryl methyl sites for hydroxylation is 1. The van der Waals surface area contributed by atoms with E-state index in [1.54, 1.807) is 18.0 Å². The number of benzene rings is 1. The lowest BCUT2D eigenvalue weighted by atomic mass is 9.82. The number of hydrogen-bond donors (Lipinski definition) is 1. The Labute approximate surface area is 136 Å². The molecule has 5 nitrogen and oxygen atoms in total. The van der Waals surface area contributed by atoms with Crippen molar-refractivity contribution in [2.45, 2.75) is 50.5 Å². The molecular formula is C18H21N3O2. The Morgan fingerprint density at radius 3 is 2.70 bits per heavy atom. The molecule has 0 radical (unpaired) electrons. The predicted octanol–water partition coefficient (Wildman–Crippen LogP) is 2.55. The van der Waals surface area contributed by atoms with Crippen LogP contribution in [0.25, 0.3) is 0 Å². The standard InChI is InChI=1S/C18H21N3O2/c1-21-15-7-5-14(11-13(15)6-8-16(21)22)17(23)20-18(12-19)9-3-2-4-10-18/h5,7,11H,2-4,6,8-10H2,1H3,(H,20,23). The summed E-state index contributed by atoms with van der Waals surface area (Å²) >= 11 is 0. The second-order valence-electron chi connectivity index (χ2n) is 6.50. The van der Waals surface area contributed by atoms with Gasteiger partial charge in [-0.25, -0.2) is 0 Å². The van der Waals surface area contributed by atoms with Crippen LogP contribution >= 0.6 is 0 Å². The van der Waals surface area contributed by atoms with Gasteiger partial charge >= 0.3 is 0 Å². The van der Waals surface area contributed by atoms with Gasteiger partial charge in [0.2, 0.25) is 5.91 Å². The highest BCUT2D eigenvalue weighted by Crippen LogP contribution is 2.30. The maximum absolute atomic E-state index is 12.6. The number of hydrogen-bond acceptors (Lipinski definition) is 3. The first-order valence-corrected chi connectivity index (χ1v) is 8.18. The van der Waals surface area contributed by atoms with Crippen LogP contribution in [0.4, 0.5) is 5.69 Å². The van der Waals surface area contributed by atoms with Crippen molar-refractivity contribution in [3.8, 4) is 6.07 Å². The second-order valence-corrected chi connectivity index (χ2v) is 6.50. The average molecular weight is 311 g/mol. The third-order valence-electron chi connectivity index (χ3n) is 4.96. The Morgan fingerprint density at radius 2 is 2.00 bits per heavy atom. The molecule has 1 heterocycles. The Bertz CT molecular complexity index is 684. The highest BCUT2D eigenvalue weighted by atomic mass is 16.2. The van der Waals surface area contributed by atoms with Crippen molar-refractivity contribution in [1.82, 2.24) is 5.32 Å². The number of anilines is 1. The molecule has 0 atom stereocenters. The van der Waals surface area contributed by atoms with Crippen molar-refractivity contribution in [2.75, 3.05) is 11.9 Å². The lowest BCUT2D eigenvalue weighted by Crippen LogP contribution is -2.48. The van der Waals surface area contributed by atoms with E-state index in [1.807, 2.05) is 12.1 Å². The molecule has 0 unspecified atom stereocenters. The molecule has 3 rings (SSSR count). The molecule has 5 heteroatoms. The van der Waals surface area contributed by atoms with Crippen LogP contribution in [-0.4, -0.2) is 24.4 Å². The van der Waals surface area contributed by atoms with Crippen LogP contribution in [0.2, 0.25) is 0 Å². The lowest BCUT2D eigenvalue weighted by molar-refractivity contribution is -0.118. The van der Waals surface area contributed by atoms with Crippen LogP contribution in [0.15, 0.2) is 18.2 Å². The largest absolute Gasteiger partial charge is 0.334 e. The summed E-state index contributed by atoms with van der Waals surface area (Å²) in [7, 11) is 1.76. The fourth-order valence-corrected chi connectivity index (χ4v) is 3.51. The van der Waals surface area contributed by atoms with Crippen LogP contribution in [-0.2, 0) is 11.2 Å². The van der Waals surface area contributed by atoms with Crippen LogP contribution in [0.3, 0.4) is 0 Å². The number of rotatable bonds is 2. The van der Waals surface area contributed by atoms with E-state index < -0.39 is 5.54 Å². The van der Waals surface area contributed by atoms with Gasteiger partial charge in [0.15, 0.2) is 0 Å². The molecule has 0 aromatic heterocycles. The summed E-state index contributed by atoms with van der Waals surface area (Å²) in [6.07, 6.45) is 5.64. The van der Waals surface area contributed by atoms with Crippen molar-refractivity contribution in [3.63, 3.8) is 0 Å². The molecule has 1 saturated carbocycles. The summed E-state index contributed by atoms with van der Waals surface area (Å²) in [5.41, 5.74) is 1.71. The minimum absolute atomic E-state index is 0.0975. The predicted molar refractivity (Wildman–Crippen MR) is 87.1 cm³/mol. The summed E-state index contributed by atoms with van der Waals surface area (Å²) in [6, 6.07) is 7.71. The van der Waals surface area contributed by atoms with Gasteiger partial charge in [-0.1, -0.05) is 19.3 Å². The maximum Gasteiger partial charge on any atom is 0.252 e. The normalized spacial score (nSPS) is 19.7. The molecule has 0 saturated heterocycles. The fourth-order valence-electron chi connectivity index (χ4n) is 3.51. The van der Waals surface area contributed by atoms with E-state index in [1.165, 1.54) is 0 Å². The molecule has 2 aliphatic rings. The monoisotopic (exact) mass is 311 g/mol. The van der Waals surface area contributed by atoms with Gasteiger partial charge in [-0.05, 0) is 43.0 Å². The Hall–Kier alpha value is -2.35. The number of nitriles is 1. The first-order valence-electron chi connectivity index (χ1n) is 8.18. The number of carbonyl (C=O) groups excluding carboxylic acids is 2. The molecule has 1 aliphatic heterocycles. The van der Waals surface area contributed by atoms with Gasteiger partial charge in [-0.2, -0.15) is 5.26 Å². The van der Waals surface area contributed by atoms with Crippen LogP contribution in [0.5, 0.6) is 0 Å². The van der Waals surface area contributed by atoms with E-state index in [9.17, 15) is 14.9 Å². The van der Waals surface area contributed by atoms with Crippen LogP contribution < -0.4 is 10.2 Å². The average Bonchev–Trinajstić information content (AvgIpc) is 2.58. The summed E-state index contributed by atoms with van der Waals surface area (Å²) in [5.74, 6) is -0.101. The van der Waals surface area contributed by atoms with Gasteiger partial charge in [0.05, 0.1) is 6.07 Å². The zero-order valence-electron chi connectivity index (χ0n) is 13.4. The minimum atomic E-state index is -0.724. The Balaban J connectivity index is 1.81. The molecule has 1 fully saturated rings. The summed E-state index contributed by atoms with van der Waals surface area (Å²) in [6.45, 7) is 0. The lowest BCUT2D eigenvalue weighted by Gasteiger charge is -2.32. The number of nitrogens with zero attached hydrogens (tertiary/aromatic N) is 2. The molecule has 0 spiro atoms. The van der Waals surface area contributed by atoms with Crippen molar-refractivity contribution in [3.05, 3.63) is 29.3 Å². The zero-order valence-corrected chi connectivity index (χ0v) is 13.4. The van der Waals surface area contributed by atoms with Gasteiger partial charge in [0, 0.05) is 24.7 Å². The number of nitrogens with one attached hydrogen (secondary N) is 1. The highest BCUT2D eigenvalue weighted by Gasteiger charge is 2.34. The molecule has 2 amide bonds. The van der Waals surface area contributed by atoms with Crippen LogP contribution in [0, 0.1) is 11.3 Å². The summed E-state index contributed by atoms with van der Waals surface area (Å²) in [4.78, 5) is 25.9. The molecule has 1 aromatic carbocycles. The molecule has 1 aromatic rings. The van der Waals surface area contributed by atoms with Gasteiger partial charge < -0.3 is 10.2 Å². The fraction of sp³-hybridized carbons (Fsp3) is 0.500. The summed E-state index contributed by atoms with van der Waals surface area (Å²) in [5, 5.41) is 12.4. The van der Waals surface area contributed by atoms with E-state index in [0.717, 1.165) is 43.4 Å². The maximum atomic E-state index is 12.6. The molecule has 1 aliphatic carbocycles. The Morgan fingerprint density at radius 1 is 1.26 bits per heavy atom. The Kier molecular flexibility index (Phi) is 4.08. The SMILES string of the molecule is CN1C(=O)CCc2cc(C(=O)NC3(C#N)CCCCC3)ccc21. The summed E-state index contributed by atoms with van der Waals surface area (Å²) < 4.78 is 0. The van der Waals surface area contributed by atoms with Crippen molar-refractivity contribution in [1.29, 1.82) is 5.26 Å². The van der Waals surface area contributed by atoms with Crippen LogP contribution in [0.1, 0.15) is 54.4 Å². The molecule has 1 N–H and O–H groups in total. The molecular weight excluding hydrogens is 290 g/mol.